The number of nitrogens with zero attached hydrogens (tertiary/aromatic N) is 2. The normalized spacial score (nSPS) is 17.3. The van der Waals surface area contributed by atoms with Crippen molar-refractivity contribution in [3.05, 3.63) is 102 Å². The first-order valence-corrected chi connectivity index (χ1v) is 12.0. The van der Waals surface area contributed by atoms with Gasteiger partial charge >= 0.3 is 5.97 Å². The molecule has 2 unspecified atom stereocenters. The number of hydrogen-bond acceptors (Lipinski definition) is 5. The number of nitrogens with one attached hydrogen (secondary N) is 1. The number of carbonyl (C=O) groups is 1. The van der Waals surface area contributed by atoms with Crippen molar-refractivity contribution in [1.29, 1.82) is 0 Å². The zero-order valence-electron chi connectivity index (χ0n) is 19.8. The van der Waals surface area contributed by atoms with Gasteiger partial charge in [0.1, 0.15) is 23.3 Å². The zero-order chi connectivity index (χ0) is 25.2. The molecular formula is C28H25N3O4S. The molecular weight excluding hydrogens is 474 g/mol. The van der Waals surface area contributed by atoms with Gasteiger partial charge in [0.05, 0.1) is 23.4 Å². The van der Waals surface area contributed by atoms with Crippen molar-refractivity contribution in [2.45, 2.75) is 32.0 Å². The van der Waals surface area contributed by atoms with E-state index in [4.69, 9.17) is 21.4 Å². The topological polar surface area (TPSA) is 87.8 Å². The Labute approximate surface area is 214 Å². The summed E-state index contributed by atoms with van der Waals surface area (Å²) in [5.41, 5.74) is 2.60. The van der Waals surface area contributed by atoms with E-state index < -0.39 is 5.97 Å². The largest absolute Gasteiger partial charge is 0.491 e. The molecule has 2 aromatic carbocycles. The molecule has 0 amide bonds. The molecule has 7 nitrogen and oxygen atoms in total. The molecule has 1 fully saturated rings. The Morgan fingerprint density at radius 3 is 2.58 bits per heavy atom. The Hall–Kier alpha value is -4.17. The van der Waals surface area contributed by atoms with Crippen LogP contribution in [0.5, 0.6) is 5.75 Å². The number of carboxylic acids is 1. The number of anilines is 1. The molecule has 5 rings (SSSR count). The quantitative estimate of drug-likeness (QED) is 0.299. The molecule has 2 aromatic heterocycles. The molecule has 3 heterocycles. The third kappa shape index (κ3) is 4.67. The molecule has 1 saturated heterocycles. The van der Waals surface area contributed by atoms with Crippen molar-refractivity contribution >= 4 is 29.0 Å². The smallest absolute Gasteiger partial charge is 0.335 e. The van der Waals surface area contributed by atoms with Crippen LogP contribution in [0.1, 0.15) is 47.7 Å². The summed E-state index contributed by atoms with van der Waals surface area (Å²) in [6.07, 6.45) is 1.83. The first-order valence-electron chi connectivity index (χ1n) is 11.6. The summed E-state index contributed by atoms with van der Waals surface area (Å²) < 4.78 is 12.1. The first-order chi connectivity index (χ1) is 17.4. The van der Waals surface area contributed by atoms with E-state index in [1.165, 1.54) is 0 Å². The van der Waals surface area contributed by atoms with E-state index in [2.05, 4.69) is 10.3 Å². The lowest BCUT2D eigenvalue weighted by atomic mass is 10.0. The first kappa shape index (κ1) is 23.6. The lowest BCUT2D eigenvalue weighted by Gasteiger charge is -2.26. The highest BCUT2D eigenvalue weighted by atomic mass is 32.1. The van der Waals surface area contributed by atoms with Gasteiger partial charge in [-0.3, -0.25) is 4.98 Å². The summed E-state index contributed by atoms with van der Waals surface area (Å²) >= 11 is 5.77. The number of carboxylic acid groups (broad SMARTS) is 1. The standard InChI is InChI=1S/C28H25N3O4S/c1-17(2)34-21-11-9-20(10-12-21)31-26(25(30-28(31)36)22-8-3-4-15-29-22)24-14-13-23(35-24)18-6-5-7-19(16-18)27(32)33/h3-17,25-26H,1-2H3,(H,30,36)(H,32,33). The van der Waals surface area contributed by atoms with E-state index in [9.17, 15) is 9.90 Å². The van der Waals surface area contributed by atoms with Gasteiger partial charge in [-0.25, -0.2) is 4.79 Å². The third-order valence-electron chi connectivity index (χ3n) is 5.90. The van der Waals surface area contributed by atoms with E-state index in [0.29, 0.717) is 22.2 Å². The zero-order valence-corrected chi connectivity index (χ0v) is 20.6. The fourth-order valence-electron chi connectivity index (χ4n) is 4.35. The minimum absolute atomic E-state index is 0.0767. The molecule has 1 aliphatic heterocycles. The SMILES string of the molecule is CC(C)Oc1ccc(N2C(=S)NC(c3ccccn3)C2c2ccc(-c3cccc(C(=O)O)c3)o2)cc1. The summed E-state index contributed by atoms with van der Waals surface area (Å²) in [6, 6.07) is 23.4. The number of ether oxygens (including phenoxy) is 1. The van der Waals surface area contributed by atoms with Gasteiger partial charge < -0.3 is 24.5 Å². The second-order valence-electron chi connectivity index (χ2n) is 8.75. The molecule has 0 bridgehead atoms. The molecule has 0 radical (unpaired) electrons. The van der Waals surface area contributed by atoms with Crippen molar-refractivity contribution in [2.24, 2.45) is 0 Å². The van der Waals surface area contributed by atoms with Crippen molar-refractivity contribution < 1.29 is 19.1 Å². The molecule has 36 heavy (non-hydrogen) atoms. The van der Waals surface area contributed by atoms with Gasteiger partial charge in [0.25, 0.3) is 0 Å². The van der Waals surface area contributed by atoms with Crippen LogP contribution < -0.4 is 15.0 Å². The van der Waals surface area contributed by atoms with Gasteiger partial charge in [-0.1, -0.05) is 18.2 Å². The fraction of sp³-hybridized carbons (Fsp3) is 0.179. The molecule has 8 heteroatoms. The Kier molecular flexibility index (Phi) is 6.43. The summed E-state index contributed by atoms with van der Waals surface area (Å²) in [4.78, 5) is 18.0. The minimum Gasteiger partial charge on any atom is -0.491 e. The highest BCUT2D eigenvalue weighted by Crippen LogP contribution is 2.43. The molecule has 2 N–H and O–H groups in total. The Bertz CT molecular complexity index is 1390. The summed E-state index contributed by atoms with van der Waals surface area (Å²) in [5.74, 6) is 1.05. The summed E-state index contributed by atoms with van der Waals surface area (Å²) in [5, 5.41) is 13.3. The Balaban J connectivity index is 1.55. The van der Waals surface area contributed by atoms with Gasteiger partial charge in [-0.05, 0) is 86.7 Å². The van der Waals surface area contributed by atoms with Crippen molar-refractivity contribution in [1.82, 2.24) is 10.3 Å². The number of aromatic nitrogens is 1. The molecule has 182 valence electrons. The number of rotatable bonds is 7. The lowest BCUT2D eigenvalue weighted by Crippen LogP contribution is -2.29. The maximum atomic E-state index is 11.4. The van der Waals surface area contributed by atoms with Crippen LogP contribution in [-0.4, -0.2) is 27.3 Å². The second-order valence-corrected chi connectivity index (χ2v) is 9.13. The maximum absolute atomic E-state index is 11.4. The van der Waals surface area contributed by atoms with Gasteiger partial charge in [-0.2, -0.15) is 0 Å². The number of aromatic carboxylic acids is 1. The Morgan fingerprint density at radius 2 is 1.89 bits per heavy atom. The molecule has 0 spiro atoms. The van der Waals surface area contributed by atoms with E-state index in [0.717, 1.165) is 17.1 Å². The Morgan fingerprint density at radius 1 is 1.08 bits per heavy atom. The molecule has 2 atom stereocenters. The van der Waals surface area contributed by atoms with E-state index in [1.54, 1.807) is 24.4 Å². The lowest BCUT2D eigenvalue weighted by molar-refractivity contribution is 0.0697. The molecule has 0 saturated carbocycles. The molecule has 0 aliphatic carbocycles. The van der Waals surface area contributed by atoms with Crippen LogP contribution in [0.3, 0.4) is 0 Å². The van der Waals surface area contributed by atoms with Crippen LogP contribution in [0.4, 0.5) is 5.69 Å². The number of pyridine rings is 1. The maximum Gasteiger partial charge on any atom is 0.335 e. The van der Waals surface area contributed by atoms with E-state index in [-0.39, 0.29) is 23.8 Å². The number of benzene rings is 2. The fourth-order valence-corrected chi connectivity index (χ4v) is 4.70. The van der Waals surface area contributed by atoms with Crippen LogP contribution in [0.15, 0.2) is 89.5 Å². The monoisotopic (exact) mass is 499 g/mol. The van der Waals surface area contributed by atoms with Crippen LogP contribution in [0, 0.1) is 0 Å². The van der Waals surface area contributed by atoms with Crippen molar-refractivity contribution in [3.8, 4) is 17.1 Å². The van der Waals surface area contributed by atoms with Gasteiger partial charge in [0, 0.05) is 17.4 Å². The third-order valence-corrected chi connectivity index (χ3v) is 6.21. The van der Waals surface area contributed by atoms with Gasteiger partial charge in [0.2, 0.25) is 0 Å². The van der Waals surface area contributed by atoms with Crippen LogP contribution >= 0.6 is 12.2 Å². The number of hydrogen-bond donors (Lipinski definition) is 2. The number of furan rings is 1. The molecule has 1 aliphatic rings. The molecule has 4 aromatic rings. The second kappa shape index (κ2) is 9.83. The summed E-state index contributed by atoms with van der Waals surface area (Å²) in [7, 11) is 0. The van der Waals surface area contributed by atoms with Crippen molar-refractivity contribution in [2.75, 3.05) is 4.90 Å². The van der Waals surface area contributed by atoms with E-state index in [1.807, 2.05) is 79.4 Å². The van der Waals surface area contributed by atoms with E-state index >= 15 is 0 Å². The van der Waals surface area contributed by atoms with Crippen LogP contribution in [-0.2, 0) is 0 Å². The highest BCUT2D eigenvalue weighted by molar-refractivity contribution is 7.80. The summed E-state index contributed by atoms with van der Waals surface area (Å²) in [6.45, 7) is 3.98. The average molecular weight is 500 g/mol. The van der Waals surface area contributed by atoms with Crippen LogP contribution in [0.2, 0.25) is 0 Å². The number of thiocarbonyl (C=S) groups is 1. The average Bonchev–Trinajstić information content (AvgIpc) is 3.49. The van der Waals surface area contributed by atoms with Crippen molar-refractivity contribution in [3.63, 3.8) is 0 Å². The van der Waals surface area contributed by atoms with Gasteiger partial charge in [0.15, 0.2) is 5.11 Å². The van der Waals surface area contributed by atoms with Gasteiger partial charge in [-0.15, -0.1) is 0 Å². The highest BCUT2D eigenvalue weighted by Gasteiger charge is 2.42. The predicted molar refractivity (Wildman–Crippen MR) is 141 cm³/mol. The van der Waals surface area contributed by atoms with Crippen LogP contribution in [0.25, 0.3) is 11.3 Å². The predicted octanol–water partition coefficient (Wildman–Crippen LogP) is 6.00. The minimum atomic E-state index is -0.986.